The van der Waals surface area contributed by atoms with Crippen LogP contribution in [-0.4, -0.2) is 29.8 Å². The molecular formula is C18H17N3O3. The summed E-state index contributed by atoms with van der Waals surface area (Å²) in [5.74, 6) is 0.822. The minimum atomic E-state index is -0.0891. The largest absolute Gasteiger partial charge is 0.416 e. The first-order valence-electron chi connectivity index (χ1n) is 7.54. The van der Waals surface area contributed by atoms with Crippen LogP contribution < -0.4 is 5.32 Å². The molecule has 0 saturated heterocycles. The highest BCUT2D eigenvalue weighted by atomic mass is 16.5. The number of amides is 1. The third-order valence-electron chi connectivity index (χ3n) is 3.39. The second kappa shape index (κ2) is 7.52. The standard InChI is InChI=1S/C18H17N3O3/c1-23-12-11-16(22)19-15-9-7-14(8-10-15)18-21-20-17(24-18)13-5-3-2-4-6-13/h2-10H,11-12H2,1H3,(H,19,22). The summed E-state index contributed by atoms with van der Waals surface area (Å²) >= 11 is 0. The molecule has 1 amide bonds. The van der Waals surface area contributed by atoms with Gasteiger partial charge in [-0.1, -0.05) is 18.2 Å². The number of aromatic nitrogens is 2. The number of nitrogens with zero attached hydrogens (tertiary/aromatic N) is 2. The molecule has 122 valence electrons. The number of carbonyl (C=O) groups is 1. The average molecular weight is 323 g/mol. The van der Waals surface area contributed by atoms with Gasteiger partial charge in [0.25, 0.3) is 0 Å². The van der Waals surface area contributed by atoms with Gasteiger partial charge in [-0.05, 0) is 36.4 Å². The summed E-state index contributed by atoms with van der Waals surface area (Å²) in [6.07, 6.45) is 0.322. The lowest BCUT2D eigenvalue weighted by Crippen LogP contribution is -2.13. The predicted molar refractivity (Wildman–Crippen MR) is 90.3 cm³/mol. The van der Waals surface area contributed by atoms with Crippen molar-refractivity contribution in [3.05, 3.63) is 54.6 Å². The Balaban J connectivity index is 1.70. The van der Waals surface area contributed by atoms with Crippen molar-refractivity contribution < 1.29 is 13.9 Å². The zero-order chi connectivity index (χ0) is 16.8. The summed E-state index contributed by atoms with van der Waals surface area (Å²) < 4.78 is 10.6. The van der Waals surface area contributed by atoms with E-state index in [0.29, 0.717) is 30.5 Å². The lowest BCUT2D eigenvalue weighted by Gasteiger charge is -2.05. The van der Waals surface area contributed by atoms with Crippen molar-refractivity contribution in [1.82, 2.24) is 10.2 Å². The molecule has 3 aromatic rings. The van der Waals surface area contributed by atoms with Crippen molar-refractivity contribution in [2.45, 2.75) is 6.42 Å². The van der Waals surface area contributed by atoms with Gasteiger partial charge in [-0.15, -0.1) is 10.2 Å². The van der Waals surface area contributed by atoms with Crippen molar-refractivity contribution in [2.24, 2.45) is 0 Å². The molecular weight excluding hydrogens is 306 g/mol. The van der Waals surface area contributed by atoms with Crippen molar-refractivity contribution in [1.29, 1.82) is 0 Å². The van der Waals surface area contributed by atoms with E-state index in [2.05, 4.69) is 15.5 Å². The summed E-state index contributed by atoms with van der Waals surface area (Å²) in [6, 6.07) is 16.8. The quantitative estimate of drug-likeness (QED) is 0.752. The number of ether oxygens (including phenoxy) is 1. The maximum absolute atomic E-state index is 11.7. The van der Waals surface area contributed by atoms with Crippen LogP contribution in [0.15, 0.2) is 59.0 Å². The Labute approximate surface area is 139 Å². The molecule has 1 N–H and O–H groups in total. The maximum atomic E-state index is 11.7. The Morgan fingerprint density at radius 2 is 1.62 bits per heavy atom. The van der Waals surface area contributed by atoms with E-state index in [9.17, 15) is 4.79 Å². The molecule has 0 aliphatic rings. The molecule has 0 aliphatic carbocycles. The zero-order valence-corrected chi connectivity index (χ0v) is 13.2. The van der Waals surface area contributed by atoms with Crippen LogP contribution in [0.4, 0.5) is 5.69 Å². The van der Waals surface area contributed by atoms with Crippen LogP contribution in [0.5, 0.6) is 0 Å². The third-order valence-corrected chi connectivity index (χ3v) is 3.39. The summed E-state index contributed by atoms with van der Waals surface area (Å²) in [4.78, 5) is 11.7. The van der Waals surface area contributed by atoms with E-state index in [4.69, 9.17) is 9.15 Å². The van der Waals surface area contributed by atoms with Crippen molar-refractivity contribution in [2.75, 3.05) is 19.0 Å². The van der Waals surface area contributed by atoms with Crippen molar-refractivity contribution in [3.8, 4) is 22.9 Å². The predicted octanol–water partition coefficient (Wildman–Crippen LogP) is 3.38. The summed E-state index contributed by atoms with van der Waals surface area (Å²) in [7, 11) is 1.57. The highest BCUT2D eigenvalue weighted by Gasteiger charge is 2.10. The first kappa shape index (κ1) is 15.9. The molecule has 0 spiro atoms. The van der Waals surface area contributed by atoms with E-state index in [1.807, 2.05) is 42.5 Å². The van der Waals surface area contributed by atoms with E-state index >= 15 is 0 Å². The Kier molecular flexibility index (Phi) is 4.98. The first-order valence-corrected chi connectivity index (χ1v) is 7.54. The number of rotatable bonds is 6. The van der Waals surface area contributed by atoms with Gasteiger partial charge < -0.3 is 14.5 Å². The second-order valence-corrected chi connectivity index (χ2v) is 5.15. The van der Waals surface area contributed by atoms with Crippen LogP contribution in [0.25, 0.3) is 22.9 Å². The highest BCUT2D eigenvalue weighted by Crippen LogP contribution is 2.24. The number of hydrogen-bond donors (Lipinski definition) is 1. The number of anilines is 1. The molecule has 0 fully saturated rings. The van der Waals surface area contributed by atoms with Gasteiger partial charge in [-0.3, -0.25) is 4.79 Å². The molecule has 2 aromatic carbocycles. The fourth-order valence-electron chi connectivity index (χ4n) is 2.15. The van der Waals surface area contributed by atoms with Crippen LogP contribution >= 0.6 is 0 Å². The fraction of sp³-hybridized carbons (Fsp3) is 0.167. The van der Waals surface area contributed by atoms with Gasteiger partial charge in [0.15, 0.2) is 0 Å². The Bertz CT molecular complexity index is 798. The van der Waals surface area contributed by atoms with Crippen LogP contribution in [0.2, 0.25) is 0 Å². The molecule has 0 radical (unpaired) electrons. The molecule has 6 heteroatoms. The Morgan fingerprint density at radius 1 is 1.00 bits per heavy atom. The number of carbonyl (C=O) groups excluding carboxylic acids is 1. The molecule has 1 aromatic heterocycles. The van der Waals surface area contributed by atoms with Crippen LogP contribution in [-0.2, 0) is 9.53 Å². The third kappa shape index (κ3) is 3.85. The molecule has 0 bridgehead atoms. The van der Waals surface area contributed by atoms with Gasteiger partial charge in [-0.25, -0.2) is 0 Å². The summed E-state index contributed by atoms with van der Waals surface area (Å²) in [6.45, 7) is 0.397. The van der Waals surface area contributed by atoms with Gasteiger partial charge in [0, 0.05) is 23.9 Å². The van der Waals surface area contributed by atoms with E-state index in [1.54, 1.807) is 19.2 Å². The van der Waals surface area contributed by atoms with Crippen LogP contribution in [0.3, 0.4) is 0 Å². The zero-order valence-electron chi connectivity index (χ0n) is 13.2. The SMILES string of the molecule is COCCC(=O)Nc1ccc(-c2nnc(-c3ccccc3)o2)cc1. The van der Waals surface area contributed by atoms with E-state index in [-0.39, 0.29) is 5.91 Å². The van der Waals surface area contributed by atoms with Crippen molar-refractivity contribution in [3.63, 3.8) is 0 Å². The number of nitrogens with one attached hydrogen (secondary N) is 1. The van der Waals surface area contributed by atoms with Gasteiger partial charge in [-0.2, -0.15) is 0 Å². The highest BCUT2D eigenvalue weighted by molar-refractivity contribution is 5.90. The molecule has 0 saturated carbocycles. The average Bonchev–Trinajstić information content (AvgIpc) is 3.11. The lowest BCUT2D eigenvalue weighted by molar-refractivity contribution is -0.117. The van der Waals surface area contributed by atoms with Crippen LogP contribution in [0, 0.1) is 0 Å². The minimum absolute atomic E-state index is 0.0891. The molecule has 0 aliphatic heterocycles. The Morgan fingerprint density at radius 3 is 2.25 bits per heavy atom. The molecule has 1 heterocycles. The van der Waals surface area contributed by atoms with Gasteiger partial charge in [0.1, 0.15) is 0 Å². The van der Waals surface area contributed by atoms with Gasteiger partial charge in [0.2, 0.25) is 17.7 Å². The lowest BCUT2D eigenvalue weighted by atomic mass is 10.2. The van der Waals surface area contributed by atoms with E-state index in [1.165, 1.54) is 0 Å². The second-order valence-electron chi connectivity index (χ2n) is 5.15. The monoisotopic (exact) mass is 323 g/mol. The Hall–Kier alpha value is -2.99. The number of benzene rings is 2. The number of methoxy groups -OCH3 is 1. The fourth-order valence-corrected chi connectivity index (χ4v) is 2.15. The molecule has 0 unspecified atom stereocenters. The molecule has 6 nitrogen and oxygen atoms in total. The van der Waals surface area contributed by atoms with Gasteiger partial charge in [0.05, 0.1) is 13.0 Å². The summed E-state index contributed by atoms with van der Waals surface area (Å²) in [5, 5.41) is 10.9. The summed E-state index contributed by atoms with van der Waals surface area (Å²) in [5.41, 5.74) is 2.38. The number of hydrogen-bond acceptors (Lipinski definition) is 5. The molecule has 3 rings (SSSR count). The first-order chi connectivity index (χ1) is 11.8. The van der Waals surface area contributed by atoms with Crippen molar-refractivity contribution >= 4 is 11.6 Å². The maximum Gasteiger partial charge on any atom is 0.248 e. The smallest absolute Gasteiger partial charge is 0.248 e. The van der Waals surface area contributed by atoms with E-state index in [0.717, 1.165) is 11.1 Å². The van der Waals surface area contributed by atoms with Gasteiger partial charge >= 0.3 is 0 Å². The molecule has 24 heavy (non-hydrogen) atoms. The normalized spacial score (nSPS) is 10.5. The topological polar surface area (TPSA) is 77.2 Å². The van der Waals surface area contributed by atoms with Crippen LogP contribution in [0.1, 0.15) is 6.42 Å². The minimum Gasteiger partial charge on any atom is -0.416 e. The van der Waals surface area contributed by atoms with E-state index < -0.39 is 0 Å². The molecule has 0 atom stereocenters.